The highest BCUT2D eigenvalue weighted by Crippen LogP contribution is 2.28. The maximum Gasteiger partial charge on any atom is 0.126 e. The van der Waals surface area contributed by atoms with Gasteiger partial charge in [0, 0.05) is 23.7 Å². The van der Waals surface area contributed by atoms with E-state index in [9.17, 15) is 0 Å². The maximum atomic E-state index is 5.77. The minimum atomic E-state index is 0.581. The van der Waals surface area contributed by atoms with Crippen LogP contribution in [0.15, 0.2) is 16.6 Å². The summed E-state index contributed by atoms with van der Waals surface area (Å²) in [6.45, 7) is 7.11. The van der Waals surface area contributed by atoms with Gasteiger partial charge >= 0.3 is 0 Å². The molecule has 1 aromatic rings. The predicted molar refractivity (Wildman–Crippen MR) is 73.6 cm³/mol. The first-order chi connectivity index (χ1) is 8.19. The molecule has 1 N–H and O–H groups in total. The lowest BCUT2D eigenvalue weighted by molar-refractivity contribution is 0.145. The quantitative estimate of drug-likeness (QED) is 0.786. The molecule has 0 bridgehead atoms. The van der Waals surface area contributed by atoms with Crippen molar-refractivity contribution in [1.29, 1.82) is 0 Å². The Balaban J connectivity index is 2.82. The van der Waals surface area contributed by atoms with E-state index in [4.69, 9.17) is 9.47 Å². The van der Waals surface area contributed by atoms with Crippen molar-refractivity contribution < 1.29 is 9.47 Å². The van der Waals surface area contributed by atoms with E-state index in [-0.39, 0.29) is 0 Å². The Morgan fingerprint density at radius 2 is 2.06 bits per heavy atom. The fraction of sp³-hybridized carbons (Fsp3) is 0.538. The molecule has 0 amide bonds. The SMILES string of the molecule is CCNCc1cc(Br)cc(C)c1OCCOC. The lowest BCUT2D eigenvalue weighted by atomic mass is 10.1. The van der Waals surface area contributed by atoms with Crippen LogP contribution < -0.4 is 10.1 Å². The van der Waals surface area contributed by atoms with Crippen LogP contribution in [0, 0.1) is 6.92 Å². The molecule has 0 heterocycles. The third-order valence-corrected chi connectivity index (χ3v) is 2.87. The Morgan fingerprint density at radius 3 is 2.71 bits per heavy atom. The second kappa shape index (κ2) is 7.69. The fourth-order valence-electron chi connectivity index (χ4n) is 1.62. The van der Waals surface area contributed by atoms with Crippen molar-refractivity contribution in [3.05, 3.63) is 27.7 Å². The van der Waals surface area contributed by atoms with Gasteiger partial charge in [-0.3, -0.25) is 0 Å². The molecule has 1 aromatic carbocycles. The highest BCUT2D eigenvalue weighted by molar-refractivity contribution is 9.10. The number of benzene rings is 1. The third kappa shape index (κ3) is 4.66. The summed E-state index contributed by atoms with van der Waals surface area (Å²) in [5.41, 5.74) is 2.32. The lowest BCUT2D eigenvalue weighted by Gasteiger charge is -2.15. The largest absolute Gasteiger partial charge is 0.491 e. The van der Waals surface area contributed by atoms with E-state index in [1.54, 1.807) is 7.11 Å². The van der Waals surface area contributed by atoms with Crippen LogP contribution in [0.4, 0.5) is 0 Å². The number of hydrogen-bond donors (Lipinski definition) is 1. The Labute approximate surface area is 112 Å². The highest BCUT2D eigenvalue weighted by atomic mass is 79.9. The Hall–Kier alpha value is -0.580. The maximum absolute atomic E-state index is 5.77. The number of methoxy groups -OCH3 is 1. The number of halogens is 1. The van der Waals surface area contributed by atoms with Gasteiger partial charge in [-0.15, -0.1) is 0 Å². The molecular weight excluding hydrogens is 282 g/mol. The summed E-state index contributed by atoms with van der Waals surface area (Å²) < 4.78 is 11.9. The van der Waals surface area contributed by atoms with Crippen LogP contribution in [0.1, 0.15) is 18.1 Å². The Morgan fingerprint density at radius 1 is 1.29 bits per heavy atom. The molecule has 0 spiro atoms. The van der Waals surface area contributed by atoms with E-state index in [1.165, 1.54) is 5.56 Å². The molecule has 1 rings (SSSR count). The zero-order valence-electron chi connectivity index (χ0n) is 10.7. The van der Waals surface area contributed by atoms with Gasteiger partial charge in [-0.05, 0) is 31.2 Å². The molecule has 0 aliphatic heterocycles. The number of hydrogen-bond acceptors (Lipinski definition) is 3. The lowest BCUT2D eigenvalue weighted by Crippen LogP contribution is -2.14. The van der Waals surface area contributed by atoms with Crippen LogP contribution >= 0.6 is 15.9 Å². The first-order valence-corrected chi connectivity index (χ1v) is 6.59. The van der Waals surface area contributed by atoms with E-state index in [2.05, 4.69) is 47.2 Å². The van der Waals surface area contributed by atoms with Crippen LogP contribution in [0.5, 0.6) is 5.75 Å². The van der Waals surface area contributed by atoms with Crippen molar-refractivity contribution in [2.45, 2.75) is 20.4 Å². The molecule has 96 valence electrons. The second-order valence-corrected chi connectivity index (χ2v) is 4.75. The van der Waals surface area contributed by atoms with E-state index in [1.807, 2.05) is 0 Å². The smallest absolute Gasteiger partial charge is 0.126 e. The van der Waals surface area contributed by atoms with Gasteiger partial charge < -0.3 is 14.8 Å². The van der Waals surface area contributed by atoms with Gasteiger partial charge in [0.2, 0.25) is 0 Å². The standard InChI is InChI=1S/C13H20BrNO2/c1-4-15-9-11-8-12(14)7-10(2)13(11)17-6-5-16-3/h7-8,15H,4-6,9H2,1-3H3. The van der Waals surface area contributed by atoms with Crippen molar-refractivity contribution in [2.75, 3.05) is 26.9 Å². The number of nitrogens with one attached hydrogen (secondary N) is 1. The molecule has 17 heavy (non-hydrogen) atoms. The Bertz CT molecular complexity index is 356. The molecule has 0 saturated heterocycles. The van der Waals surface area contributed by atoms with E-state index < -0.39 is 0 Å². The van der Waals surface area contributed by atoms with Crippen molar-refractivity contribution in [2.24, 2.45) is 0 Å². The molecule has 3 nitrogen and oxygen atoms in total. The summed E-state index contributed by atoms with van der Waals surface area (Å²) in [6.07, 6.45) is 0. The topological polar surface area (TPSA) is 30.5 Å². The molecule has 0 aromatic heterocycles. The molecule has 4 heteroatoms. The molecule has 0 aliphatic carbocycles. The van der Waals surface area contributed by atoms with Crippen molar-refractivity contribution >= 4 is 15.9 Å². The van der Waals surface area contributed by atoms with Gasteiger partial charge in [0.05, 0.1) is 6.61 Å². The monoisotopic (exact) mass is 301 g/mol. The predicted octanol–water partition coefficient (Wildman–Crippen LogP) is 2.89. The zero-order valence-corrected chi connectivity index (χ0v) is 12.3. The van der Waals surface area contributed by atoms with Crippen LogP contribution in [0.2, 0.25) is 0 Å². The van der Waals surface area contributed by atoms with Gasteiger partial charge in [-0.25, -0.2) is 0 Å². The number of aryl methyl sites for hydroxylation is 1. The van der Waals surface area contributed by atoms with E-state index in [0.29, 0.717) is 13.2 Å². The minimum absolute atomic E-state index is 0.581. The number of ether oxygens (including phenoxy) is 2. The van der Waals surface area contributed by atoms with Crippen molar-refractivity contribution in [1.82, 2.24) is 5.32 Å². The first-order valence-electron chi connectivity index (χ1n) is 5.80. The second-order valence-electron chi connectivity index (χ2n) is 3.83. The first kappa shape index (κ1) is 14.5. The summed E-state index contributed by atoms with van der Waals surface area (Å²) in [6, 6.07) is 4.16. The molecule has 0 saturated carbocycles. The normalized spacial score (nSPS) is 10.6. The van der Waals surface area contributed by atoms with Gasteiger partial charge in [0.25, 0.3) is 0 Å². The highest BCUT2D eigenvalue weighted by Gasteiger charge is 2.08. The summed E-state index contributed by atoms with van der Waals surface area (Å²) in [7, 11) is 1.68. The molecule has 0 atom stereocenters. The average Bonchev–Trinajstić information content (AvgIpc) is 2.29. The summed E-state index contributed by atoms with van der Waals surface area (Å²) in [5.74, 6) is 0.964. The fourth-order valence-corrected chi connectivity index (χ4v) is 2.24. The van der Waals surface area contributed by atoms with Crippen LogP contribution in [0.3, 0.4) is 0 Å². The molecular formula is C13H20BrNO2. The molecule has 0 radical (unpaired) electrons. The van der Waals surface area contributed by atoms with Gasteiger partial charge in [-0.2, -0.15) is 0 Å². The van der Waals surface area contributed by atoms with Gasteiger partial charge in [0.1, 0.15) is 12.4 Å². The number of rotatable bonds is 7. The summed E-state index contributed by atoms with van der Waals surface area (Å²) in [4.78, 5) is 0. The van der Waals surface area contributed by atoms with Gasteiger partial charge in [0.15, 0.2) is 0 Å². The van der Waals surface area contributed by atoms with E-state index in [0.717, 1.165) is 28.9 Å². The molecule has 0 unspecified atom stereocenters. The Kier molecular flexibility index (Phi) is 6.55. The van der Waals surface area contributed by atoms with Crippen LogP contribution in [-0.4, -0.2) is 26.9 Å². The summed E-state index contributed by atoms with van der Waals surface area (Å²) in [5, 5.41) is 3.32. The van der Waals surface area contributed by atoms with E-state index >= 15 is 0 Å². The van der Waals surface area contributed by atoms with Gasteiger partial charge in [-0.1, -0.05) is 22.9 Å². The third-order valence-electron chi connectivity index (χ3n) is 2.42. The van der Waals surface area contributed by atoms with Crippen LogP contribution in [-0.2, 0) is 11.3 Å². The average molecular weight is 302 g/mol. The van der Waals surface area contributed by atoms with Crippen LogP contribution in [0.25, 0.3) is 0 Å². The zero-order chi connectivity index (χ0) is 12.7. The molecule has 0 aliphatic rings. The minimum Gasteiger partial charge on any atom is -0.491 e. The molecule has 0 fully saturated rings. The summed E-state index contributed by atoms with van der Waals surface area (Å²) >= 11 is 3.51. The van der Waals surface area contributed by atoms with Crippen molar-refractivity contribution in [3.8, 4) is 5.75 Å². The van der Waals surface area contributed by atoms with Crippen molar-refractivity contribution in [3.63, 3.8) is 0 Å².